The van der Waals surface area contributed by atoms with Crippen LogP contribution in [0.4, 0.5) is 0 Å². The average Bonchev–Trinajstić information content (AvgIpc) is 3.50. The van der Waals surface area contributed by atoms with Crippen LogP contribution in [0.5, 0.6) is 11.5 Å². The van der Waals surface area contributed by atoms with Gasteiger partial charge >= 0.3 is 0 Å². The van der Waals surface area contributed by atoms with Crippen LogP contribution in [0.3, 0.4) is 0 Å². The van der Waals surface area contributed by atoms with E-state index < -0.39 is 0 Å². The second-order valence-electron chi connectivity index (χ2n) is 7.35. The van der Waals surface area contributed by atoms with Gasteiger partial charge in [-0.3, -0.25) is 9.36 Å². The van der Waals surface area contributed by atoms with Gasteiger partial charge in [-0.05, 0) is 56.2 Å². The van der Waals surface area contributed by atoms with Crippen molar-refractivity contribution in [3.8, 4) is 28.6 Å². The molecule has 1 amide bonds. The highest BCUT2D eigenvalue weighted by atomic mass is 35.5. The summed E-state index contributed by atoms with van der Waals surface area (Å²) >= 11 is 14.0. The minimum Gasteiger partial charge on any atom is -0.496 e. The fourth-order valence-electron chi connectivity index (χ4n) is 3.16. The first-order valence-corrected chi connectivity index (χ1v) is 11.6. The number of thioether (sulfide) groups is 1. The fraction of sp³-hybridized carbons (Fsp3) is 0.318. The maximum atomic E-state index is 12.5. The maximum Gasteiger partial charge on any atom is 0.233 e. The Morgan fingerprint density at radius 3 is 2.50 bits per heavy atom. The molecule has 1 N–H and O–H groups in total. The normalized spacial score (nSPS) is 14.2. The van der Waals surface area contributed by atoms with Gasteiger partial charge in [-0.25, -0.2) is 0 Å². The van der Waals surface area contributed by atoms with Gasteiger partial charge in [0.15, 0.2) is 11.0 Å². The molecule has 1 unspecified atom stereocenters. The lowest BCUT2D eigenvalue weighted by molar-refractivity contribution is -0.120. The Balaban J connectivity index is 1.80. The molecule has 1 fully saturated rings. The molecule has 1 heterocycles. The molecule has 0 radical (unpaired) electrons. The molecule has 4 rings (SSSR count). The van der Waals surface area contributed by atoms with E-state index in [1.807, 2.05) is 17.6 Å². The van der Waals surface area contributed by atoms with Crippen molar-refractivity contribution in [1.29, 1.82) is 0 Å². The van der Waals surface area contributed by atoms with Crippen LogP contribution in [-0.2, 0) is 4.79 Å². The molecule has 1 saturated carbocycles. The Bertz CT molecular complexity index is 1150. The number of ether oxygens (including phenoxy) is 2. The maximum absolute atomic E-state index is 12.5. The molecule has 1 aliphatic carbocycles. The molecule has 1 aromatic heterocycles. The third-order valence-corrected chi connectivity index (χ3v) is 6.58. The number of hydrogen-bond donors (Lipinski definition) is 1. The van der Waals surface area contributed by atoms with E-state index in [1.165, 1.54) is 11.8 Å². The Morgan fingerprint density at radius 2 is 1.84 bits per heavy atom. The van der Waals surface area contributed by atoms with Gasteiger partial charge in [0.2, 0.25) is 5.91 Å². The van der Waals surface area contributed by atoms with Gasteiger partial charge < -0.3 is 14.8 Å². The summed E-state index contributed by atoms with van der Waals surface area (Å²) in [6.07, 6.45) is 2.06. The smallest absolute Gasteiger partial charge is 0.233 e. The monoisotopic (exact) mass is 492 g/mol. The van der Waals surface area contributed by atoms with Crippen LogP contribution in [0.25, 0.3) is 17.1 Å². The largest absolute Gasteiger partial charge is 0.496 e. The van der Waals surface area contributed by atoms with Crippen molar-refractivity contribution in [2.24, 2.45) is 0 Å². The van der Waals surface area contributed by atoms with E-state index in [9.17, 15) is 4.79 Å². The van der Waals surface area contributed by atoms with Crippen molar-refractivity contribution in [2.75, 3.05) is 14.2 Å². The van der Waals surface area contributed by atoms with Gasteiger partial charge in [-0.2, -0.15) is 0 Å². The van der Waals surface area contributed by atoms with E-state index >= 15 is 0 Å². The SMILES string of the molecule is COc1ccc(-n2c(SC(C)C(=O)NC3CC3)nnc2-c2cc(Cl)ccc2OC)cc1Cl. The van der Waals surface area contributed by atoms with Crippen molar-refractivity contribution in [2.45, 2.75) is 36.2 Å². The average molecular weight is 493 g/mol. The number of carbonyl (C=O) groups is 1. The summed E-state index contributed by atoms with van der Waals surface area (Å²) in [4.78, 5) is 12.5. The summed E-state index contributed by atoms with van der Waals surface area (Å²) in [5.74, 6) is 1.64. The van der Waals surface area contributed by atoms with E-state index in [1.54, 1.807) is 44.6 Å². The van der Waals surface area contributed by atoms with E-state index in [4.69, 9.17) is 32.7 Å². The van der Waals surface area contributed by atoms with Gasteiger partial charge in [0.05, 0.1) is 35.7 Å². The van der Waals surface area contributed by atoms with Gasteiger partial charge in [-0.15, -0.1) is 10.2 Å². The first-order valence-electron chi connectivity index (χ1n) is 10.0. The number of nitrogens with zero attached hydrogens (tertiary/aromatic N) is 3. The number of amides is 1. The molecular weight excluding hydrogens is 471 g/mol. The minimum absolute atomic E-state index is 0.0262. The van der Waals surface area contributed by atoms with Crippen LogP contribution in [0, 0.1) is 0 Å². The third-order valence-electron chi connectivity index (χ3n) is 5.00. The van der Waals surface area contributed by atoms with Crippen LogP contribution < -0.4 is 14.8 Å². The number of aromatic nitrogens is 3. The molecule has 10 heteroatoms. The zero-order valence-electron chi connectivity index (χ0n) is 17.8. The highest BCUT2D eigenvalue weighted by Crippen LogP contribution is 2.37. The second-order valence-corrected chi connectivity index (χ2v) is 9.50. The Hall–Kier alpha value is -2.42. The van der Waals surface area contributed by atoms with Crippen LogP contribution in [-0.4, -0.2) is 46.2 Å². The molecule has 0 spiro atoms. The summed E-state index contributed by atoms with van der Waals surface area (Å²) in [5.41, 5.74) is 1.39. The predicted octanol–water partition coefficient (Wildman–Crippen LogP) is 5.02. The number of hydrogen-bond acceptors (Lipinski definition) is 6. The molecule has 0 aliphatic heterocycles. The first kappa shape index (κ1) is 22.8. The van der Waals surface area contributed by atoms with Crippen molar-refractivity contribution in [3.05, 3.63) is 46.4 Å². The molecule has 32 heavy (non-hydrogen) atoms. The number of carbonyl (C=O) groups excluding carboxylic acids is 1. The zero-order chi connectivity index (χ0) is 22.8. The lowest BCUT2D eigenvalue weighted by atomic mass is 10.2. The van der Waals surface area contributed by atoms with E-state index in [0.717, 1.165) is 18.5 Å². The van der Waals surface area contributed by atoms with Gasteiger partial charge in [0, 0.05) is 11.1 Å². The Kier molecular flexibility index (Phi) is 6.83. The quantitative estimate of drug-likeness (QED) is 0.444. The van der Waals surface area contributed by atoms with Gasteiger partial charge in [-0.1, -0.05) is 35.0 Å². The van der Waals surface area contributed by atoms with Crippen molar-refractivity contribution < 1.29 is 14.3 Å². The summed E-state index contributed by atoms with van der Waals surface area (Å²) < 4.78 is 12.7. The second kappa shape index (κ2) is 9.60. The molecule has 168 valence electrons. The fourth-order valence-corrected chi connectivity index (χ4v) is 4.46. The van der Waals surface area contributed by atoms with Crippen LogP contribution in [0.15, 0.2) is 41.6 Å². The first-order chi connectivity index (χ1) is 15.4. The number of nitrogens with one attached hydrogen (secondary N) is 1. The molecule has 1 atom stereocenters. The summed E-state index contributed by atoms with van der Waals surface area (Å²) in [7, 11) is 3.14. The van der Waals surface area contributed by atoms with E-state index in [0.29, 0.717) is 38.1 Å². The predicted molar refractivity (Wildman–Crippen MR) is 126 cm³/mol. The molecule has 2 aromatic carbocycles. The third kappa shape index (κ3) is 4.82. The van der Waals surface area contributed by atoms with Crippen LogP contribution in [0.1, 0.15) is 19.8 Å². The summed E-state index contributed by atoms with van der Waals surface area (Å²) in [5, 5.41) is 13.0. The van der Waals surface area contributed by atoms with Crippen molar-refractivity contribution in [3.63, 3.8) is 0 Å². The summed E-state index contributed by atoms with van der Waals surface area (Å²) in [6.45, 7) is 1.85. The summed E-state index contributed by atoms with van der Waals surface area (Å²) in [6, 6.07) is 11.0. The molecular formula is C22H22Cl2N4O3S. The topological polar surface area (TPSA) is 78.3 Å². The standard InChI is InChI=1S/C22H22Cl2N4O3S/c1-12(21(29)25-14-5-6-14)32-22-27-26-20(16-10-13(23)4-8-18(16)30-2)28(22)15-7-9-19(31-3)17(24)11-15/h4,7-12,14H,5-6H2,1-3H3,(H,25,29). The zero-order valence-corrected chi connectivity index (χ0v) is 20.1. The van der Waals surface area contributed by atoms with Gasteiger partial charge in [0.1, 0.15) is 11.5 Å². The number of benzene rings is 2. The van der Waals surface area contributed by atoms with Crippen molar-refractivity contribution in [1.82, 2.24) is 20.1 Å². The van der Waals surface area contributed by atoms with Gasteiger partial charge in [0.25, 0.3) is 0 Å². The molecule has 7 nitrogen and oxygen atoms in total. The highest BCUT2D eigenvalue weighted by molar-refractivity contribution is 8.00. The number of halogens is 2. The highest BCUT2D eigenvalue weighted by Gasteiger charge is 2.28. The lowest BCUT2D eigenvalue weighted by Gasteiger charge is -2.15. The Labute approximate surface area is 200 Å². The minimum atomic E-state index is -0.360. The van der Waals surface area contributed by atoms with E-state index in [-0.39, 0.29) is 17.2 Å². The molecule has 0 saturated heterocycles. The van der Waals surface area contributed by atoms with Crippen LogP contribution in [0.2, 0.25) is 10.0 Å². The number of methoxy groups -OCH3 is 2. The molecule has 3 aromatic rings. The van der Waals surface area contributed by atoms with Crippen molar-refractivity contribution >= 4 is 40.9 Å². The Morgan fingerprint density at radius 1 is 1.12 bits per heavy atom. The molecule has 0 bridgehead atoms. The van der Waals surface area contributed by atoms with E-state index in [2.05, 4.69) is 15.5 Å². The number of rotatable bonds is 8. The molecule has 1 aliphatic rings. The lowest BCUT2D eigenvalue weighted by Crippen LogP contribution is -2.32. The van der Waals surface area contributed by atoms with Crippen LogP contribution >= 0.6 is 35.0 Å².